The van der Waals surface area contributed by atoms with E-state index in [9.17, 15) is 23.3 Å². The zero-order valence-electron chi connectivity index (χ0n) is 10.9. The van der Waals surface area contributed by atoms with E-state index >= 15 is 0 Å². The van der Waals surface area contributed by atoms with Crippen molar-refractivity contribution in [2.75, 3.05) is 18.0 Å². The summed E-state index contributed by atoms with van der Waals surface area (Å²) in [6.45, 7) is -0.307. The highest BCUT2D eigenvalue weighted by Crippen LogP contribution is 2.34. The van der Waals surface area contributed by atoms with Gasteiger partial charge in [0.15, 0.2) is 0 Å². The average molecular weight is 302 g/mol. The molecule has 1 aliphatic heterocycles. The van der Waals surface area contributed by atoms with Crippen molar-refractivity contribution in [1.82, 2.24) is 0 Å². The van der Waals surface area contributed by atoms with Crippen LogP contribution in [0.1, 0.15) is 12.0 Å². The standard InChI is InChI=1S/C13H13F3N2O3/c14-13(15,16)10-3-5-17(6-4-10)11-2-1-9(8-19)7-12(11)18(20)21/h1-3,7,19H,4-6,8H2. The third-order valence-corrected chi connectivity index (χ3v) is 3.33. The molecule has 0 spiro atoms. The number of hydrogen-bond acceptors (Lipinski definition) is 4. The fourth-order valence-corrected chi connectivity index (χ4v) is 2.23. The molecule has 0 unspecified atom stereocenters. The highest BCUT2D eigenvalue weighted by Gasteiger charge is 2.35. The lowest BCUT2D eigenvalue weighted by atomic mass is 10.1. The summed E-state index contributed by atoms with van der Waals surface area (Å²) < 4.78 is 37.7. The number of aliphatic hydroxyl groups excluding tert-OH is 1. The molecule has 0 amide bonds. The predicted molar refractivity (Wildman–Crippen MR) is 70.0 cm³/mol. The Morgan fingerprint density at radius 1 is 1.38 bits per heavy atom. The lowest BCUT2D eigenvalue weighted by Crippen LogP contribution is -2.32. The normalized spacial score (nSPS) is 15.8. The van der Waals surface area contributed by atoms with Crippen LogP contribution in [0.15, 0.2) is 29.8 Å². The molecule has 21 heavy (non-hydrogen) atoms. The van der Waals surface area contributed by atoms with E-state index in [2.05, 4.69) is 0 Å². The molecule has 0 radical (unpaired) electrons. The topological polar surface area (TPSA) is 66.6 Å². The van der Waals surface area contributed by atoms with Crippen LogP contribution in [-0.2, 0) is 6.61 Å². The molecule has 0 atom stereocenters. The molecule has 0 aliphatic carbocycles. The van der Waals surface area contributed by atoms with E-state index in [1.807, 2.05) is 0 Å². The molecule has 0 bridgehead atoms. The van der Waals surface area contributed by atoms with Gasteiger partial charge in [0.25, 0.3) is 5.69 Å². The largest absolute Gasteiger partial charge is 0.412 e. The Morgan fingerprint density at radius 3 is 2.57 bits per heavy atom. The first-order valence-electron chi connectivity index (χ1n) is 6.22. The molecule has 0 fully saturated rings. The molecule has 1 heterocycles. The number of anilines is 1. The van der Waals surface area contributed by atoms with E-state index in [4.69, 9.17) is 5.11 Å². The van der Waals surface area contributed by atoms with Crippen molar-refractivity contribution < 1.29 is 23.2 Å². The number of hydrogen-bond donors (Lipinski definition) is 1. The summed E-state index contributed by atoms with van der Waals surface area (Å²) in [4.78, 5) is 12.0. The summed E-state index contributed by atoms with van der Waals surface area (Å²) in [6.07, 6.45) is -3.51. The highest BCUT2D eigenvalue weighted by atomic mass is 19.4. The van der Waals surface area contributed by atoms with Crippen molar-refractivity contribution in [1.29, 1.82) is 0 Å². The Morgan fingerprint density at radius 2 is 2.10 bits per heavy atom. The maximum atomic E-state index is 12.6. The van der Waals surface area contributed by atoms with Gasteiger partial charge in [-0.2, -0.15) is 13.2 Å². The summed E-state index contributed by atoms with van der Waals surface area (Å²) in [7, 11) is 0. The minimum Gasteiger partial charge on any atom is -0.392 e. The van der Waals surface area contributed by atoms with Gasteiger partial charge in [-0.15, -0.1) is 0 Å². The predicted octanol–water partition coefficient (Wildman–Crippen LogP) is 2.79. The fourth-order valence-electron chi connectivity index (χ4n) is 2.23. The van der Waals surface area contributed by atoms with Gasteiger partial charge in [0.05, 0.1) is 11.5 Å². The van der Waals surface area contributed by atoms with Gasteiger partial charge in [-0.3, -0.25) is 10.1 Å². The van der Waals surface area contributed by atoms with E-state index in [0.717, 1.165) is 6.08 Å². The number of benzene rings is 1. The molecule has 0 saturated carbocycles. The Balaban J connectivity index is 2.28. The van der Waals surface area contributed by atoms with Gasteiger partial charge in [-0.1, -0.05) is 12.1 Å². The third-order valence-electron chi connectivity index (χ3n) is 3.33. The molecule has 0 aromatic heterocycles. The van der Waals surface area contributed by atoms with E-state index in [1.54, 1.807) is 0 Å². The molecule has 2 rings (SSSR count). The molecule has 114 valence electrons. The molecule has 8 heteroatoms. The van der Waals surface area contributed by atoms with Gasteiger partial charge in [0.1, 0.15) is 5.69 Å². The first kappa shape index (κ1) is 15.3. The molecule has 1 aromatic carbocycles. The summed E-state index contributed by atoms with van der Waals surface area (Å²) in [5.74, 6) is 0. The van der Waals surface area contributed by atoms with Crippen molar-refractivity contribution >= 4 is 11.4 Å². The van der Waals surface area contributed by atoms with Crippen LogP contribution in [-0.4, -0.2) is 29.3 Å². The molecular weight excluding hydrogens is 289 g/mol. The van der Waals surface area contributed by atoms with Crippen LogP contribution in [0.25, 0.3) is 0 Å². The minimum absolute atomic E-state index is 0.0336. The van der Waals surface area contributed by atoms with Gasteiger partial charge in [0.2, 0.25) is 0 Å². The van der Waals surface area contributed by atoms with Gasteiger partial charge in [-0.05, 0) is 18.1 Å². The second kappa shape index (κ2) is 5.72. The first-order valence-corrected chi connectivity index (χ1v) is 6.22. The van der Waals surface area contributed by atoms with Crippen molar-refractivity contribution in [3.05, 3.63) is 45.5 Å². The first-order chi connectivity index (χ1) is 9.82. The summed E-state index contributed by atoms with van der Waals surface area (Å²) in [6, 6.07) is 4.21. The molecule has 1 aliphatic rings. The maximum absolute atomic E-state index is 12.6. The number of aliphatic hydroxyl groups is 1. The summed E-state index contributed by atoms with van der Waals surface area (Å²) in [5.41, 5.74) is -0.178. The van der Waals surface area contributed by atoms with E-state index < -0.39 is 16.7 Å². The van der Waals surface area contributed by atoms with Crippen molar-refractivity contribution in [3.63, 3.8) is 0 Å². The molecule has 0 saturated heterocycles. The fraction of sp³-hybridized carbons (Fsp3) is 0.385. The summed E-state index contributed by atoms with van der Waals surface area (Å²) in [5, 5.41) is 20.1. The smallest absolute Gasteiger partial charge is 0.392 e. The van der Waals surface area contributed by atoms with Crippen LogP contribution in [0, 0.1) is 10.1 Å². The van der Waals surface area contributed by atoms with Crippen LogP contribution < -0.4 is 4.90 Å². The zero-order chi connectivity index (χ0) is 15.6. The molecule has 5 nitrogen and oxygen atoms in total. The van der Waals surface area contributed by atoms with E-state index in [0.29, 0.717) is 5.56 Å². The average Bonchev–Trinajstić information content (AvgIpc) is 2.45. The Labute approximate surface area is 118 Å². The van der Waals surface area contributed by atoms with Gasteiger partial charge in [-0.25, -0.2) is 0 Å². The number of nitrogens with zero attached hydrogens (tertiary/aromatic N) is 2. The van der Waals surface area contributed by atoms with Crippen LogP contribution in [0.3, 0.4) is 0 Å². The lowest BCUT2D eigenvalue weighted by Gasteiger charge is -2.28. The van der Waals surface area contributed by atoms with Crippen LogP contribution in [0.5, 0.6) is 0 Å². The van der Waals surface area contributed by atoms with Crippen molar-refractivity contribution in [2.24, 2.45) is 0 Å². The Bertz CT molecular complexity index is 585. The number of alkyl halides is 3. The number of halogens is 3. The van der Waals surface area contributed by atoms with Gasteiger partial charge < -0.3 is 10.0 Å². The maximum Gasteiger partial charge on any atom is 0.412 e. The van der Waals surface area contributed by atoms with E-state index in [1.165, 1.54) is 23.1 Å². The van der Waals surface area contributed by atoms with Crippen LogP contribution in [0.4, 0.5) is 24.5 Å². The van der Waals surface area contributed by atoms with Gasteiger partial charge >= 0.3 is 6.18 Å². The third kappa shape index (κ3) is 3.33. The Kier molecular flexibility index (Phi) is 4.17. The lowest BCUT2D eigenvalue weighted by molar-refractivity contribution is -0.384. The van der Waals surface area contributed by atoms with E-state index in [-0.39, 0.29) is 37.5 Å². The number of nitro benzene ring substituents is 1. The molecule has 1 aromatic rings. The quantitative estimate of drug-likeness (QED) is 0.529. The number of nitro groups is 1. The Hall–Kier alpha value is -2.09. The second-order valence-electron chi connectivity index (χ2n) is 4.66. The van der Waals surface area contributed by atoms with Gasteiger partial charge in [0, 0.05) is 24.7 Å². The van der Waals surface area contributed by atoms with Crippen LogP contribution >= 0.6 is 0 Å². The summed E-state index contributed by atoms with van der Waals surface area (Å²) >= 11 is 0. The van der Waals surface area contributed by atoms with Crippen molar-refractivity contribution in [3.8, 4) is 0 Å². The monoisotopic (exact) mass is 302 g/mol. The molecular formula is C13H13F3N2O3. The van der Waals surface area contributed by atoms with Crippen LogP contribution in [0.2, 0.25) is 0 Å². The highest BCUT2D eigenvalue weighted by molar-refractivity contribution is 5.65. The second-order valence-corrected chi connectivity index (χ2v) is 4.66. The number of rotatable bonds is 3. The minimum atomic E-state index is -4.35. The van der Waals surface area contributed by atoms with Crippen molar-refractivity contribution in [2.45, 2.75) is 19.2 Å². The zero-order valence-corrected chi connectivity index (χ0v) is 10.9. The molecule has 1 N–H and O–H groups in total. The SMILES string of the molecule is O=[N+]([O-])c1cc(CO)ccc1N1CC=C(C(F)(F)F)CC1.